The van der Waals surface area contributed by atoms with Crippen molar-refractivity contribution in [3.63, 3.8) is 0 Å². The molecule has 0 saturated heterocycles. The highest BCUT2D eigenvalue weighted by atomic mass is 16.3. The first-order chi connectivity index (χ1) is 6.55. The normalized spacial score (nSPS) is 33.4. The van der Waals surface area contributed by atoms with E-state index >= 15 is 0 Å². The van der Waals surface area contributed by atoms with Crippen LogP contribution in [0.1, 0.15) is 46.5 Å². The molecule has 0 aromatic rings. The Hall–Kier alpha value is -0.630. The molecule has 0 aromatic carbocycles. The van der Waals surface area contributed by atoms with E-state index in [0.29, 0.717) is 5.92 Å². The third-order valence-electron chi connectivity index (χ3n) is 2.80. The van der Waals surface area contributed by atoms with E-state index < -0.39 is 5.60 Å². The van der Waals surface area contributed by atoms with Crippen LogP contribution in [0.2, 0.25) is 0 Å². The highest BCUT2D eigenvalue weighted by Gasteiger charge is 2.39. The van der Waals surface area contributed by atoms with Crippen LogP contribution in [0.5, 0.6) is 0 Å². The Bertz CT molecular complexity index is 233. The van der Waals surface area contributed by atoms with Gasteiger partial charge in [-0.15, -0.1) is 0 Å². The summed E-state index contributed by atoms with van der Waals surface area (Å²) in [5.74, 6) is 0.497. The summed E-state index contributed by atoms with van der Waals surface area (Å²) in [5, 5.41) is 9.57. The van der Waals surface area contributed by atoms with Crippen LogP contribution in [0.15, 0.2) is 17.3 Å². The maximum Gasteiger partial charge on any atom is 0.0632 e. The average molecular weight is 195 g/mol. The number of rotatable bonds is 4. The summed E-state index contributed by atoms with van der Waals surface area (Å²) < 4.78 is 0. The van der Waals surface area contributed by atoms with Crippen LogP contribution in [0.4, 0.5) is 0 Å². The Labute approximate surface area is 86.7 Å². The van der Waals surface area contributed by atoms with Crippen LogP contribution in [0, 0.1) is 5.92 Å². The molecule has 2 heteroatoms. The molecule has 0 atom stereocenters. The molecule has 0 unspecified atom stereocenters. The van der Waals surface area contributed by atoms with Crippen molar-refractivity contribution < 1.29 is 5.11 Å². The molecule has 0 radical (unpaired) electrons. The molecule has 0 bridgehead atoms. The maximum atomic E-state index is 9.57. The Balaban J connectivity index is 2.32. The average Bonchev–Trinajstić information content (AvgIpc) is 2.08. The van der Waals surface area contributed by atoms with Crippen molar-refractivity contribution in [2.75, 3.05) is 0 Å². The summed E-state index contributed by atoms with van der Waals surface area (Å²) >= 11 is 0. The molecule has 1 aliphatic carbocycles. The van der Waals surface area contributed by atoms with Gasteiger partial charge in [-0.05, 0) is 33.1 Å². The van der Waals surface area contributed by atoms with E-state index in [9.17, 15) is 5.11 Å². The van der Waals surface area contributed by atoms with Gasteiger partial charge in [0, 0.05) is 17.8 Å². The van der Waals surface area contributed by atoms with Gasteiger partial charge < -0.3 is 5.11 Å². The lowest BCUT2D eigenvalue weighted by molar-refractivity contribution is -0.0357. The monoisotopic (exact) mass is 195 g/mol. The maximum absolute atomic E-state index is 9.57. The highest BCUT2D eigenvalue weighted by Crippen LogP contribution is 2.38. The molecule has 1 fully saturated rings. The van der Waals surface area contributed by atoms with Gasteiger partial charge in [-0.2, -0.15) is 0 Å². The standard InChI is InChI=1S/C12H21NO/c1-4-5-6-7-13-10(2)11-8-12(3,14)9-11/h6-7,11,14H,4-5,8-9H2,1-3H3/b7-6+,13-10?. The third kappa shape index (κ3) is 3.26. The first-order valence-electron chi connectivity index (χ1n) is 5.47. The van der Waals surface area contributed by atoms with Crippen molar-refractivity contribution >= 4 is 5.71 Å². The Morgan fingerprint density at radius 3 is 2.71 bits per heavy atom. The lowest BCUT2D eigenvalue weighted by Crippen LogP contribution is -2.43. The number of aliphatic hydroxyl groups is 1. The Kier molecular flexibility index (Phi) is 3.87. The summed E-state index contributed by atoms with van der Waals surface area (Å²) in [6, 6.07) is 0. The predicted octanol–water partition coefficient (Wildman–Crippen LogP) is 2.92. The van der Waals surface area contributed by atoms with Crippen LogP contribution < -0.4 is 0 Å². The van der Waals surface area contributed by atoms with E-state index in [1.165, 1.54) is 6.42 Å². The summed E-state index contributed by atoms with van der Waals surface area (Å²) in [7, 11) is 0. The van der Waals surface area contributed by atoms with Crippen molar-refractivity contribution in [2.45, 2.75) is 52.1 Å². The molecule has 0 amide bonds. The molecule has 1 rings (SSSR count). The SMILES string of the molecule is CCC/C=C/N=C(C)C1CC(C)(O)C1. The van der Waals surface area contributed by atoms with Crippen molar-refractivity contribution in [3.05, 3.63) is 12.3 Å². The van der Waals surface area contributed by atoms with E-state index in [1.807, 2.05) is 13.1 Å². The summed E-state index contributed by atoms with van der Waals surface area (Å²) in [4.78, 5) is 4.37. The molecule has 1 N–H and O–H groups in total. The summed E-state index contributed by atoms with van der Waals surface area (Å²) in [6.07, 6.45) is 7.99. The van der Waals surface area contributed by atoms with Crippen LogP contribution in [-0.2, 0) is 0 Å². The second-order valence-electron chi connectivity index (χ2n) is 4.55. The van der Waals surface area contributed by atoms with Crippen LogP contribution in [-0.4, -0.2) is 16.4 Å². The van der Waals surface area contributed by atoms with Crippen molar-refractivity contribution in [1.29, 1.82) is 0 Å². The fourth-order valence-electron chi connectivity index (χ4n) is 1.81. The number of nitrogens with zero attached hydrogens (tertiary/aromatic N) is 1. The highest BCUT2D eigenvalue weighted by molar-refractivity contribution is 5.86. The second-order valence-corrected chi connectivity index (χ2v) is 4.55. The topological polar surface area (TPSA) is 32.6 Å². The molecular formula is C12H21NO. The van der Waals surface area contributed by atoms with Gasteiger partial charge >= 0.3 is 0 Å². The predicted molar refractivity (Wildman–Crippen MR) is 60.5 cm³/mol. The van der Waals surface area contributed by atoms with E-state index in [4.69, 9.17) is 0 Å². The van der Waals surface area contributed by atoms with Gasteiger partial charge in [-0.3, -0.25) is 4.99 Å². The molecule has 0 aromatic heterocycles. The Morgan fingerprint density at radius 2 is 2.21 bits per heavy atom. The molecule has 1 saturated carbocycles. The van der Waals surface area contributed by atoms with Gasteiger partial charge in [0.05, 0.1) is 5.60 Å². The first-order valence-corrected chi connectivity index (χ1v) is 5.47. The molecule has 14 heavy (non-hydrogen) atoms. The number of hydrogen-bond acceptors (Lipinski definition) is 2. The van der Waals surface area contributed by atoms with Crippen molar-refractivity contribution in [2.24, 2.45) is 10.9 Å². The van der Waals surface area contributed by atoms with E-state index in [1.54, 1.807) is 0 Å². The van der Waals surface area contributed by atoms with Gasteiger partial charge in [-0.25, -0.2) is 0 Å². The molecule has 0 heterocycles. The fraction of sp³-hybridized carbons (Fsp3) is 0.750. The smallest absolute Gasteiger partial charge is 0.0632 e. The zero-order chi connectivity index (χ0) is 10.6. The molecule has 80 valence electrons. The largest absolute Gasteiger partial charge is 0.390 e. The molecular weight excluding hydrogens is 174 g/mol. The quantitative estimate of drug-likeness (QED) is 0.687. The number of hydrogen-bond donors (Lipinski definition) is 1. The van der Waals surface area contributed by atoms with E-state index in [-0.39, 0.29) is 0 Å². The minimum atomic E-state index is -0.436. The van der Waals surface area contributed by atoms with E-state index in [0.717, 1.165) is 25.0 Å². The molecule has 0 aliphatic heterocycles. The Morgan fingerprint density at radius 1 is 1.57 bits per heavy atom. The van der Waals surface area contributed by atoms with Gasteiger partial charge in [0.1, 0.15) is 0 Å². The van der Waals surface area contributed by atoms with Crippen LogP contribution in [0.25, 0.3) is 0 Å². The molecule has 0 spiro atoms. The van der Waals surface area contributed by atoms with Crippen molar-refractivity contribution in [3.8, 4) is 0 Å². The molecule has 2 nitrogen and oxygen atoms in total. The summed E-state index contributed by atoms with van der Waals surface area (Å²) in [6.45, 7) is 6.10. The zero-order valence-corrected chi connectivity index (χ0v) is 9.45. The third-order valence-corrected chi connectivity index (χ3v) is 2.80. The minimum absolute atomic E-state index is 0.436. The summed E-state index contributed by atoms with van der Waals surface area (Å²) in [5.41, 5.74) is 0.720. The number of allylic oxidation sites excluding steroid dienone is 1. The second kappa shape index (κ2) is 4.74. The van der Waals surface area contributed by atoms with Gasteiger partial charge in [0.25, 0.3) is 0 Å². The lowest BCUT2D eigenvalue weighted by Gasteiger charge is -2.40. The van der Waals surface area contributed by atoms with Crippen molar-refractivity contribution in [1.82, 2.24) is 0 Å². The van der Waals surface area contributed by atoms with Gasteiger partial charge in [0.2, 0.25) is 0 Å². The first kappa shape index (κ1) is 11.4. The van der Waals surface area contributed by atoms with Gasteiger partial charge in [-0.1, -0.05) is 19.4 Å². The minimum Gasteiger partial charge on any atom is -0.390 e. The van der Waals surface area contributed by atoms with Gasteiger partial charge in [0.15, 0.2) is 0 Å². The zero-order valence-electron chi connectivity index (χ0n) is 9.45. The lowest BCUT2D eigenvalue weighted by atomic mass is 9.70. The van der Waals surface area contributed by atoms with Crippen LogP contribution in [0.3, 0.4) is 0 Å². The number of aliphatic imine (C=N–C) groups is 1. The number of unbranched alkanes of at least 4 members (excludes halogenated alkanes) is 1. The fourth-order valence-corrected chi connectivity index (χ4v) is 1.81. The molecule has 1 aliphatic rings. The van der Waals surface area contributed by atoms with Crippen LogP contribution >= 0.6 is 0 Å². The van der Waals surface area contributed by atoms with E-state index in [2.05, 4.69) is 24.9 Å².